The van der Waals surface area contributed by atoms with Crippen LogP contribution in [0.15, 0.2) is 17.8 Å². The van der Waals surface area contributed by atoms with E-state index >= 15 is 0 Å². The monoisotopic (exact) mass is 418 g/mol. The highest BCUT2D eigenvalue weighted by Gasteiger charge is 2.41. The number of hydrogen-bond acceptors (Lipinski definition) is 10. The number of rotatable bonds is 10. The maximum atomic E-state index is 12.9. The van der Waals surface area contributed by atoms with Crippen molar-refractivity contribution in [2.45, 2.75) is 6.92 Å². The van der Waals surface area contributed by atoms with E-state index in [1.807, 2.05) is 0 Å². The van der Waals surface area contributed by atoms with Crippen LogP contribution in [0.4, 0.5) is 5.13 Å². The molecule has 27 heavy (non-hydrogen) atoms. The molecule has 0 N–H and O–H groups in total. The molecule has 1 fully saturated rings. The zero-order chi connectivity index (χ0) is 19.6. The maximum Gasteiger partial charge on any atom is 0.595 e. The van der Waals surface area contributed by atoms with Gasteiger partial charge in [-0.1, -0.05) is 22.5 Å². The Kier molecular flexibility index (Phi) is 8.69. The predicted octanol–water partition coefficient (Wildman–Crippen LogP) is 1.37. The lowest BCUT2D eigenvalue weighted by molar-refractivity contribution is -0.132. The first-order valence-corrected chi connectivity index (χ1v) is 10.0. The third kappa shape index (κ3) is 5.75. The van der Waals surface area contributed by atoms with E-state index in [-0.39, 0.29) is 29.9 Å². The highest BCUT2D eigenvalue weighted by atomic mass is 32.1. The van der Waals surface area contributed by atoms with Gasteiger partial charge in [-0.2, -0.15) is 9.36 Å². The molecule has 1 saturated heterocycles. The highest BCUT2D eigenvalue weighted by Crippen LogP contribution is 2.38. The standard InChI is InChI=1S/C14H21N5O6PS/c1-4-8-24-16-11(13(20)22-3)12-15-14(27-17-12)19(25-5-2)26(21)18-6-9-23-10-7-18/h4H,1,5-10H2,2-3H3/q+1. The lowest BCUT2D eigenvalue weighted by Crippen LogP contribution is -2.35. The summed E-state index contributed by atoms with van der Waals surface area (Å²) in [6.07, 6.45) is 1.47. The van der Waals surface area contributed by atoms with Crippen molar-refractivity contribution >= 4 is 36.4 Å². The molecule has 1 atom stereocenters. The third-order valence-corrected chi connectivity index (χ3v) is 5.47. The fraction of sp³-hybridized carbons (Fsp3) is 0.571. The molecule has 13 heteroatoms. The number of methoxy groups -OCH3 is 1. The summed E-state index contributed by atoms with van der Waals surface area (Å²) in [5.41, 5.74) is -0.208. The van der Waals surface area contributed by atoms with Crippen molar-refractivity contribution in [3.05, 3.63) is 18.5 Å². The third-order valence-electron chi connectivity index (χ3n) is 3.15. The highest BCUT2D eigenvalue weighted by molar-refractivity contribution is 7.44. The van der Waals surface area contributed by atoms with Gasteiger partial charge >= 0.3 is 14.1 Å². The van der Waals surface area contributed by atoms with E-state index in [1.54, 1.807) is 11.6 Å². The number of carbonyl (C=O) groups is 1. The molecular formula is C14H21N5O6PS+. The summed E-state index contributed by atoms with van der Waals surface area (Å²) in [5, 5.41) is 3.92. The van der Waals surface area contributed by atoms with Gasteiger partial charge in [0.25, 0.3) is 5.13 Å². The zero-order valence-corrected chi connectivity index (χ0v) is 16.8. The summed E-state index contributed by atoms with van der Waals surface area (Å²) < 4.78 is 28.7. The Bertz CT molecular complexity index is 693. The number of oxime groups is 1. The minimum atomic E-state index is -2.06. The predicted molar refractivity (Wildman–Crippen MR) is 98.7 cm³/mol. The second-order valence-electron chi connectivity index (χ2n) is 4.93. The average Bonchev–Trinajstić information content (AvgIpc) is 3.18. The molecule has 2 heterocycles. The molecule has 0 radical (unpaired) electrons. The Morgan fingerprint density at radius 3 is 2.89 bits per heavy atom. The first kappa shape index (κ1) is 21.3. The van der Waals surface area contributed by atoms with E-state index in [9.17, 15) is 9.36 Å². The molecule has 0 spiro atoms. The van der Waals surface area contributed by atoms with Crippen LogP contribution in [0.3, 0.4) is 0 Å². The second kappa shape index (κ2) is 11.0. The van der Waals surface area contributed by atoms with Crippen LogP contribution in [0.25, 0.3) is 0 Å². The number of morpholine rings is 1. The van der Waals surface area contributed by atoms with Crippen LogP contribution in [0.1, 0.15) is 12.7 Å². The van der Waals surface area contributed by atoms with Crippen molar-refractivity contribution in [2.75, 3.05) is 51.5 Å². The lowest BCUT2D eigenvalue weighted by atomic mass is 10.4. The molecule has 1 aliphatic rings. The molecule has 0 bridgehead atoms. The van der Waals surface area contributed by atoms with Gasteiger partial charge in [-0.05, 0) is 11.5 Å². The Labute approximate surface area is 161 Å². The minimum Gasteiger partial charge on any atom is -0.464 e. The summed E-state index contributed by atoms with van der Waals surface area (Å²) in [7, 11) is -0.852. The van der Waals surface area contributed by atoms with E-state index in [0.29, 0.717) is 26.3 Å². The summed E-state index contributed by atoms with van der Waals surface area (Å²) in [6.45, 7) is 7.64. The van der Waals surface area contributed by atoms with Gasteiger partial charge < -0.3 is 14.3 Å². The molecule has 0 aromatic carbocycles. The minimum absolute atomic E-state index is 0.0130. The first-order chi connectivity index (χ1) is 13.1. The Hall–Kier alpha value is -1.98. The molecule has 2 rings (SSSR count). The maximum absolute atomic E-state index is 12.9. The summed E-state index contributed by atoms with van der Waals surface area (Å²) in [5.74, 6) is -0.773. The van der Waals surface area contributed by atoms with E-state index in [4.69, 9.17) is 14.4 Å². The number of aromatic nitrogens is 2. The summed E-state index contributed by atoms with van der Waals surface area (Å²) >= 11 is 0.919. The van der Waals surface area contributed by atoms with Gasteiger partial charge in [0.15, 0.2) is 0 Å². The van der Waals surface area contributed by atoms with Crippen molar-refractivity contribution in [1.82, 2.24) is 14.0 Å². The largest absolute Gasteiger partial charge is 0.595 e. The lowest BCUT2D eigenvalue weighted by Gasteiger charge is -2.19. The molecule has 1 aliphatic heterocycles. The molecule has 148 valence electrons. The van der Waals surface area contributed by atoms with Crippen LogP contribution in [0, 0.1) is 0 Å². The SMILES string of the molecule is C=CCON=C(C(=O)OC)c1nsc(N(OCC)[P+](=O)N2CCOCC2)n1. The van der Waals surface area contributed by atoms with Gasteiger partial charge in [0.1, 0.15) is 6.61 Å². The van der Waals surface area contributed by atoms with Crippen LogP contribution in [0.5, 0.6) is 0 Å². The number of nitrogens with zero attached hydrogens (tertiary/aromatic N) is 5. The van der Waals surface area contributed by atoms with Gasteiger partial charge in [0, 0.05) is 16.4 Å². The van der Waals surface area contributed by atoms with Crippen LogP contribution >= 0.6 is 19.6 Å². The van der Waals surface area contributed by atoms with E-state index < -0.39 is 14.1 Å². The number of esters is 1. The van der Waals surface area contributed by atoms with E-state index in [1.165, 1.54) is 18.0 Å². The normalized spacial score (nSPS) is 15.9. The van der Waals surface area contributed by atoms with E-state index in [0.717, 1.165) is 11.5 Å². The van der Waals surface area contributed by atoms with Gasteiger partial charge in [0.2, 0.25) is 11.5 Å². The number of anilines is 1. The van der Waals surface area contributed by atoms with Crippen LogP contribution in [-0.2, 0) is 28.5 Å². The molecule has 11 nitrogen and oxygen atoms in total. The van der Waals surface area contributed by atoms with Crippen LogP contribution < -0.4 is 4.83 Å². The zero-order valence-electron chi connectivity index (χ0n) is 15.1. The van der Waals surface area contributed by atoms with Crippen molar-refractivity contribution in [2.24, 2.45) is 5.16 Å². The van der Waals surface area contributed by atoms with Crippen molar-refractivity contribution in [3.8, 4) is 0 Å². The smallest absolute Gasteiger partial charge is 0.464 e. The number of hydrogen-bond donors (Lipinski definition) is 0. The topological polar surface area (TPSA) is 116 Å². The summed E-state index contributed by atoms with van der Waals surface area (Å²) in [4.78, 5) is 27.8. The molecule has 0 saturated carbocycles. The molecular weight excluding hydrogens is 397 g/mol. The van der Waals surface area contributed by atoms with Crippen molar-refractivity contribution in [1.29, 1.82) is 0 Å². The quantitative estimate of drug-likeness (QED) is 0.138. The van der Waals surface area contributed by atoms with Gasteiger partial charge in [-0.25, -0.2) is 9.63 Å². The number of ether oxygens (including phenoxy) is 2. The second-order valence-corrected chi connectivity index (χ2v) is 7.09. The van der Waals surface area contributed by atoms with Gasteiger partial charge in [-0.3, -0.25) is 0 Å². The summed E-state index contributed by atoms with van der Waals surface area (Å²) in [6, 6.07) is 0. The molecule has 1 aromatic heterocycles. The molecule has 1 unspecified atom stereocenters. The fourth-order valence-corrected chi connectivity index (χ4v) is 3.95. The number of carbonyl (C=O) groups excluding carboxylic acids is 1. The van der Waals surface area contributed by atoms with Crippen LogP contribution in [-0.4, -0.2) is 72.3 Å². The Balaban J connectivity index is 2.24. The van der Waals surface area contributed by atoms with Crippen molar-refractivity contribution in [3.63, 3.8) is 0 Å². The molecule has 0 aliphatic carbocycles. The Morgan fingerprint density at radius 2 is 2.26 bits per heavy atom. The Morgan fingerprint density at radius 1 is 1.52 bits per heavy atom. The fourth-order valence-electron chi connectivity index (χ4n) is 1.95. The van der Waals surface area contributed by atoms with Crippen LogP contribution in [0.2, 0.25) is 0 Å². The van der Waals surface area contributed by atoms with Crippen molar-refractivity contribution < 1.29 is 28.5 Å². The first-order valence-electron chi connectivity index (χ1n) is 8.08. The van der Waals surface area contributed by atoms with Gasteiger partial charge in [0.05, 0.1) is 40.0 Å². The average molecular weight is 418 g/mol. The van der Waals surface area contributed by atoms with Gasteiger partial charge in [-0.15, -0.1) is 0 Å². The molecule has 1 aromatic rings. The van der Waals surface area contributed by atoms with E-state index in [2.05, 4.69) is 25.8 Å². The molecule has 0 amide bonds.